The zero-order chi connectivity index (χ0) is 17.2. The van der Waals surface area contributed by atoms with Crippen molar-refractivity contribution in [1.29, 1.82) is 0 Å². The quantitative estimate of drug-likeness (QED) is 0.332. The predicted octanol–water partition coefficient (Wildman–Crippen LogP) is 6.13. The molecule has 0 radical (unpaired) electrons. The van der Waals surface area contributed by atoms with Crippen LogP contribution >= 0.6 is 27.5 Å². The number of carbonyl (C=O) groups excluding carboxylic acids is 1. The van der Waals surface area contributed by atoms with E-state index in [1.807, 2.05) is 36.4 Å². The van der Waals surface area contributed by atoms with Gasteiger partial charge in [0.2, 0.25) is 0 Å². The third kappa shape index (κ3) is 2.54. The second-order valence-corrected chi connectivity index (χ2v) is 10.5. The van der Waals surface area contributed by atoms with E-state index in [0.29, 0.717) is 22.6 Å². The molecule has 130 valence electrons. The highest BCUT2D eigenvalue weighted by Gasteiger charge is 2.60. The Morgan fingerprint density at radius 3 is 2.40 bits per heavy atom. The molecular formula is C21H20BrClO2. The van der Waals surface area contributed by atoms with Crippen molar-refractivity contribution in [3.05, 3.63) is 41.4 Å². The van der Waals surface area contributed by atoms with Crippen LogP contribution in [-0.2, 0) is 4.79 Å². The van der Waals surface area contributed by atoms with E-state index in [0.717, 1.165) is 30.0 Å². The van der Waals surface area contributed by atoms with Gasteiger partial charge >= 0.3 is 5.97 Å². The van der Waals surface area contributed by atoms with Gasteiger partial charge in [-0.1, -0.05) is 51.8 Å². The molecule has 0 heterocycles. The second-order valence-electron chi connectivity index (χ2n) is 8.37. The van der Waals surface area contributed by atoms with E-state index in [1.165, 1.54) is 19.3 Å². The smallest absolute Gasteiger partial charge is 0.317 e. The summed E-state index contributed by atoms with van der Waals surface area (Å²) in [6.07, 6.45) is 6.59. The average molecular weight is 420 g/mol. The van der Waals surface area contributed by atoms with Crippen molar-refractivity contribution < 1.29 is 9.53 Å². The molecule has 0 aromatic heterocycles. The van der Waals surface area contributed by atoms with E-state index in [9.17, 15) is 4.79 Å². The van der Waals surface area contributed by atoms with Gasteiger partial charge in [-0.25, -0.2) is 0 Å². The van der Waals surface area contributed by atoms with Gasteiger partial charge in [0, 0.05) is 20.1 Å². The minimum atomic E-state index is -0.311. The van der Waals surface area contributed by atoms with Gasteiger partial charge < -0.3 is 4.74 Å². The number of carbonyl (C=O) groups is 1. The Morgan fingerprint density at radius 1 is 1.04 bits per heavy atom. The summed E-state index contributed by atoms with van der Waals surface area (Å²) in [6.45, 7) is 0. The van der Waals surface area contributed by atoms with Crippen LogP contribution in [0.4, 0.5) is 0 Å². The minimum absolute atomic E-state index is 0.0436. The number of halogens is 2. The molecule has 2 nitrogen and oxygen atoms in total. The van der Waals surface area contributed by atoms with Crippen molar-refractivity contribution in [2.75, 3.05) is 0 Å². The van der Waals surface area contributed by atoms with Crippen LogP contribution in [0.15, 0.2) is 36.4 Å². The summed E-state index contributed by atoms with van der Waals surface area (Å²) in [7, 11) is 0. The van der Waals surface area contributed by atoms with Crippen molar-refractivity contribution >= 4 is 44.3 Å². The maximum absolute atomic E-state index is 13.3. The Morgan fingerprint density at radius 2 is 1.72 bits per heavy atom. The average Bonchev–Trinajstić information content (AvgIpc) is 2.55. The van der Waals surface area contributed by atoms with E-state index in [4.69, 9.17) is 16.3 Å². The summed E-state index contributed by atoms with van der Waals surface area (Å²) in [4.78, 5) is 13.3. The van der Waals surface area contributed by atoms with Gasteiger partial charge in [0.15, 0.2) is 0 Å². The number of ether oxygens (including phenoxy) is 1. The van der Waals surface area contributed by atoms with Gasteiger partial charge in [0.25, 0.3) is 0 Å². The molecule has 0 spiro atoms. The van der Waals surface area contributed by atoms with Crippen LogP contribution < -0.4 is 4.74 Å². The van der Waals surface area contributed by atoms with Crippen molar-refractivity contribution in [2.45, 2.75) is 42.8 Å². The molecular weight excluding hydrogens is 400 g/mol. The highest BCUT2D eigenvalue weighted by molar-refractivity contribution is 9.10. The third-order valence-corrected chi connectivity index (χ3v) is 7.71. The molecule has 2 aromatic carbocycles. The zero-order valence-electron chi connectivity index (χ0n) is 13.9. The van der Waals surface area contributed by atoms with Gasteiger partial charge in [0.05, 0.1) is 5.41 Å². The van der Waals surface area contributed by atoms with Crippen molar-refractivity contribution in [2.24, 2.45) is 17.3 Å². The Bertz CT molecular complexity index is 863. The molecule has 4 aliphatic carbocycles. The Kier molecular flexibility index (Phi) is 3.53. The van der Waals surface area contributed by atoms with Crippen LogP contribution in [0.1, 0.15) is 38.5 Å². The van der Waals surface area contributed by atoms with Crippen molar-refractivity contribution in [3.63, 3.8) is 0 Å². The fourth-order valence-electron chi connectivity index (χ4n) is 5.92. The molecule has 2 aromatic rings. The van der Waals surface area contributed by atoms with E-state index in [2.05, 4.69) is 15.9 Å². The molecule has 2 unspecified atom stereocenters. The van der Waals surface area contributed by atoms with Crippen LogP contribution in [0.5, 0.6) is 5.75 Å². The summed E-state index contributed by atoms with van der Waals surface area (Å²) in [6, 6.07) is 11.5. The molecule has 0 N–H and O–H groups in total. The Labute approximate surface area is 161 Å². The number of alkyl halides is 1. The fraction of sp³-hybridized carbons (Fsp3) is 0.476. The summed E-state index contributed by atoms with van der Waals surface area (Å²) in [5.41, 5.74) is -0.311. The van der Waals surface area contributed by atoms with E-state index >= 15 is 0 Å². The largest absolute Gasteiger partial charge is 0.425 e. The number of rotatable bonds is 2. The number of hydrogen-bond donors (Lipinski definition) is 0. The molecule has 0 amide bonds. The van der Waals surface area contributed by atoms with Gasteiger partial charge in [-0.2, -0.15) is 0 Å². The monoisotopic (exact) mass is 418 g/mol. The van der Waals surface area contributed by atoms with Gasteiger partial charge in [-0.3, -0.25) is 4.79 Å². The lowest BCUT2D eigenvalue weighted by Gasteiger charge is -2.58. The number of hydrogen-bond acceptors (Lipinski definition) is 2. The standard InChI is InChI=1S/C21H20BrClO2/c22-21-10-13-7-14(11-21)9-20(8-13,12-21)19(24)25-18-6-5-17(23)15-3-1-2-4-16(15)18/h1-6,13-14H,7-12H2/t13-,14+,20?,21?. The summed E-state index contributed by atoms with van der Waals surface area (Å²) < 4.78 is 6.15. The number of benzene rings is 2. The van der Waals surface area contributed by atoms with Crippen molar-refractivity contribution in [3.8, 4) is 5.75 Å². The molecule has 4 atom stereocenters. The topological polar surface area (TPSA) is 26.3 Å². The van der Waals surface area contributed by atoms with Crippen LogP contribution in [-0.4, -0.2) is 10.3 Å². The summed E-state index contributed by atoms with van der Waals surface area (Å²) >= 11 is 10.3. The predicted molar refractivity (Wildman–Crippen MR) is 103 cm³/mol. The molecule has 4 heteroatoms. The molecule has 0 aliphatic heterocycles. The Hall–Kier alpha value is -1.06. The van der Waals surface area contributed by atoms with Crippen LogP contribution in [0.25, 0.3) is 10.8 Å². The van der Waals surface area contributed by atoms with Gasteiger partial charge in [0.1, 0.15) is 5.75 Å². The lowest BCUT2D eigenvalue weighted by molar-refractivity contribution is -0.159. The van der Waals surface area contributed by atoms with E-state index < -0.39 is 0 Å². The molecule has 4 aliphatic rings. The summed E-state index contributed by atoms with van der Waals surface area (Å²) in [5.74, 6) is 1.91. The number of fused-ring (bicyclic) bond motifs is 1. The summed E-state index contributed by atoms with van der Waals surface area (Å²) in [5, 5.41) is 2.52. The molecule has 6 rings (SSSR count). The van der Waals surface area contributed by atoms with Gasteiger partial charge in [-0.05, 0) is 62.5 Å². The first-order valence-corrected chi connectivity index (χ1v) is 10.2. The highest BCUT2D eigenvalue weighted by Crippen LogP contribution is 2.64. The SMILES string of the molecule is O=C(Oc1ccc(Cl)c2ccccc12)C12C[C@@H]3C[C@@H](CC(Br)(C3)C1)C2. The first-order chi connectivity index (χ1) is 12.0. The normalized spacial score (nSPS) is 35.9. The molecule has 25 heavy (non-hydrogen) atoms. The molecule has 4 fully saturated rings. The van der Waals surface area contributed by atoms with Gasteiger partial charge in [-0.15, -0.1) is 0 Å². The van der Waals surface area contributed by atoms with E-state index in [1.54, 1.807) is 0 Å². The third-order valence-electron chi connectivity index (χ3n) is 6.46. The second kappa shape index (κ2) is 5.47. The molecule has 4 saturated carbocycles. The maximum Gasteiger partial charge on any atom is 0.317 e. The van der Waals surface area contributed by atoms with Crippen molar-refractivity contribution in [1.82, 2.24) is 0 Å². The molecule has 0 saturated heterocycles. The van der Waals surface area contributed by atoms with Crippen LogP contribution in [0, 0.1) is 17.3 Å². The van der Waals surface area contributed by atoms with Crippen LogP contribution in [0.3, 0.4) is 0 Å². The van der Waals surface area contributed by atoms with Crippen LogP contribution in [0.2, 0.25) is 5.02 Å². The van der Waals surface area contributed by atoms with E-state index in [-0.39, 0.29) is 15.7 Å². The Balaban J connectivity index is 1.49. The molecule has 4 bridgehead atoms. The first kappa shape index (κ1) is 16.1. The first-order valence-electron chi connectivity index (χ1n) is 9.05. The highest BCUT2D eigenvalue weighted by atomic mass is 79.9. The zero-order valence-corrected chi connectivity index (χ0v) is 16.3. The lowest BCUT2D eigenvalue weighted by Crippen LogP contribution is -2.56. The number of esters is 1. The lowest BCUT2D eigenvalue weighted by atomic mass is 9.49. The fourth-order valence-corrected chi connectivity index (χ4v) is 7.60. The maximum atomic E-state index is 13.3. The minimum Gasteiger partial charge on any atom is -0.425 e.